The van der Waals surface area contributed by atoms with Crippen LogP contribution in [0, 0.1) is 5.92 Å². The number of nitrogens with zero attached hydrogens (tertiary/aromatic N) is 5. The summed E-state index contributed by atoms with van der Waals surface area (Å²) in [6, 6.07) is 3.80. The zero-order valence-electron chi connectivity index (χ0n) is 22.3. The van der Waals surface area contributed by atoms with Crippen LogP contribution in [0.25, 0.3) is 11.5 Å². The van der Waals surface area contributed by atoms with E-state index in [2.05, 4.69) is 25.9 Å². The van der Waals surface area contributed by atoms with Crippen molar-refractivity contribution in [1.29, 1.82) is 0 Å². The van der Waals surface area contributed by atoms with Crippen molar-refractivity contribution in [2.45, 2.75) is 35.9 Å². The minimum Gasteiger partial charge on any atom is -0.454 e. The maximum Gasteiger partial charge on any atom is 0.248 e. The number of halogens is 1. The average Bonchev–Trinajstić information content (AvgIpc) is 3.60. The number of rotatable bonds is 13. The Morgan fingerprint density at radius 2 is 1.88 bits per heavy atom. The maximum atomic E-state index is 12.5. The normalized spacial score (nSPS) is 15.3. The first-order chi connectivity index (χ1) is 19.5. The molecule has 2 N–H and O–H groups in total. The van der Waals surface area contributed by atoms with Gasteiger partial charge in [0.2, 0.25) is 12.7 Å². The summed E-state index contributed by atoms with van der Waals surface area (Å²) in [6.07, 6.45) is 4.58. The molecule has 0 saturated carbocycles. The number of fused-ring (bicyclic) bond motifs is 2. The topological polar surface area (TPSA) is 136 Å². The highest BCUT2D eigenvalue weighted by molar-refractivity contribution is 9.10. The Bertz CT molecular complexity index is 1270. The maximum absolute atomic E-state index is 12.5. The smallest absolute Gasteiger partial charge is 0.248 e. The van der Waals surface area contributed by atoms with Gasteiger partial charge in [-0.3, -0.25) is 4.79 Å². The number of nitrogen functional groups attached to an aromatic ring is 1. The number of aromatic nitrogens is 4. The number of carbonyl (C=O) groups is 1. The molecule has 1 saturated heterocycles. The lowest BCUT2D eigenvalue weighted by Gasteiger charge is -2.32. The summed E-state index contributed by atoms with van der Waals surface area (Å²) < 4.78 is 29.6. The van der Waals surface area contributed by atoms with Crippen LogP contribution in [0.2, 0.25) is 0 Å². The standard InChI is InChI=1S/C26H33BrN6O6S/c1-35-8-9-36-10-11-37-14-22(34)32-5-2-17(3-6-32)4-7-33-15-29-24(28)23-25(33)31-26(30-23)40-21-13-20-19(12-18(21)27)38-16-39-20/h12-13,15,17H,2-11,14,16,28H2,1H3. The van der Waals surface area contributed by atoms with Crippen molar-refractivity contribution in [1.82, 2.24) is 24.4 Å². The van der Waals surface area contributed by atoms with Gasteiger partial charge in [-0.2, -0.15) is 0 Å². The number of amides is 1. The van der Waals surface area contributed by atoms with Crippen LogP contribution in [0.5, 0.6) is 11.5 Å². The number of hydrogen-bond acceptors (Lipinski definition) is 11. The number of methoxy groups -OCH3 is 1. The minimum atomic E-state index is 0.0281. The number of benzene rings is 1. The van der Waals surface area contributed by atoms with Gasteiger partial charge in [-0.15, -0.1) is 0 Å². The van der Waals surface area contributed by atoms with Crippen LogP contribution in [0.1, 0.15) is 19.3 Å². The zero-order valence-corrected chi connectivity index (χ0v) is 24.7. The Balaban J connectivity index is 1.11. The molecule has 1 amide bonds. The molecule has 12 nitrogen and oxygen atoms in total. The van der Waals surface area contributed by atoms with E-state index in [1.807, 2.05) is 21.6 Å². The lowest BCUT2D eigenvalue weighted by Crippen LogP contribution is -2.40. The molecular formula is C26H33BrN6O6S. The van der Waals surface area contributed by atoms with Crippen LogP contribution < -0.4 is 15.2 Å². The Kier molecular flexibility index (Phi) is 9.97. The number of imidazole rings is 1. The van der Waals surface area contributed by atoms with Gasteiger partial charge < -0.3 is 38.9 Å². The van der Waals surface area contributed by atoms with Gasteiger partial charge in [-0.25, -0.2) is 15.0 Å². The summed E-state index contributed by atoms with van der Waals surface area (Å²) in [5, 5.41) is 0.582. The largest absolute Gasteiger partial charge is 0.454 e. The fourth-order valence-corrected chi connectivity index (χ4v) is 5.98. The van der Waals surface area contributed by atoms with Gasteiger partial charge in [0.15, 0.2) is 34.0 Å². The molecule has 4 aliphatic rings. The molecule has 1 aromatic carbocycles. The molecule has 4 aliphatic heterocycles. The minimum absolute atomic E-state index is 0.0281. The molecule has 5 rings (SSSR count). The molecule has 0 bridgehead atoms. The van der Waals surface area contributed by atoms with Crippen molar-refractivity contribution >= 4 is 39.4 Å². The molecule has 4 heterocycles. The first-order valence-electron chi connectivity index (χ1n) is 13.2. The molecule has 0 atom stereocenters. The molecule has 14 heteroatoms. The van der Waals surface area contributed by atoms with Crippen molar-refractivity contribution in [2.75, 3.05) is 65.8 Å². The summed E-state index contributed by atoms with van der Waals surface area (Å²) >= 11 is 5.02. The number of nitrogens with two attached hydrogens (primary N) is 1. The van der Waals surface area contributed by atoms with Crippen molar-refractivity contribution in [3.63, 3.8) is 0 Å². The number of anilines is 1. The molecule has 0 radical (unpaired) electrons. The monoisotopic (exact) mass is 636 g/mol. The van der Waals surface area contributed by atoms with Gasteiger partial charge in [0.1, 0.15) is 6.61 Å². The van der Waals surface area contributed by atoms with Crippen LogP contribution in [-0.2, 0) is 25.5 Å². The second-order valence-electron chi connectivity index (χ2n) is 9.51. The van der Waals surface area contributed by atoms with E-state index in [0.29, 0.717) is 66.3 Å². The summed E-state index contributed by atoms with van der Waals surface area (Å²) in [4.78, 5) is 29.1. The van der Waals surface area contributed by atoms with Gasteiger partial charge in [-0.05, 0) is 65.0 Å². The van der Waals surface area contributed by atoms with E-state index in [1.54, 1.807) is 13.4 Å². The van der Waals surface area contributed by atoms with E-state index < -0.39 is 0 Å². The first-order valence-corrected chi connectivity index (χ1v) is 14.8. The third kappa shape index (κ3) is 7.16. The molecule has 1 aromatic rings. The summed E-state index contributed by atoms with van der Waals surface area (Å²) in [6.45, 7) is 4.43. The van der Waals surface area contributed by atoms with Crippen LogP contribution in [-0.4, -0.2) is 90.4 Å². The van der Waals surface area contributed by atoms with E-state index in [1.165, 1.54) is 11.8 Å². The molecule has 1 fully saturated rings. The number of hydrogen-bond donors (Lipinski definition) is 1. The molecule has 0 unspecified atom stereocenters. The van der Waals surface area contributed by atoms with Crippen LogP contribution in [0.3, 0.4) is 0 Å². The Labute approximate surface area is 245 Å². The van der Waals surface area contributed by atoms with E-state index in [0.717, 1.165) is 48.3 Å². The van der Waals surface area contributed by atoms with Gasteiger partial charge in [0, 0.05) is 36.1 Å². The highest BCUT2D eigenvalue weighted by atomic mass is 79.9. The highest BCUT2D eigenvalue weighted by Crippen LogP contribution is 2.43. The predicted molar refractivity (Wildman–Crippen MR) is 151 cm³/mol. The zero-order chi connectivity index (χ0) is 27.9. The summed E-state index contributed by atoms with van der Waals surface area (Å²) in [5.41, 5.74) is 6.74. The summed E-state index contributed by atoms with van der Waals surface area (Å²) in [7, 11) is 1.63. The fourth-order valence-electron chi connectivity index (χ4n) is 4.62. The van der Waals surface area contributed by atoms with Crippen molar-refractivity contribution in [3.05, 3.63) is 22.9 Å². The molecule has 0 spiro atoms. The van der Waals surface area contributed by atoms with Gasteiger partial charge in [0.25, 0.3) is 0 Å². The van der Waals surface area contributed by atoms with Crippen molar-refractivity contribution in [2.24, 2.45) is 5.92 Å². The molecular weight excluding hydrogens is 604 g/mol. The van der Waals surface area contributed by atoms with Crippen LogP contribution in [0.4, 0.5) is 5.82 Å². The highest BCUT2D eigenvalue weighted by Gasteiger charge is 2.25. The molecule has 40 heavy (non-hydrogen) atoms. The molecule has 0 aromatic heterocycles. The summed E-state index contributed by atoms with van der Waals surface area (Å²) in [5.74, 6) is 3.00. The van der Waals surface area contributed by atoms with E-state index >= 15 is 0 Å². The SMILES string of the molecule is COCCOCCOCC(=O)N1CCC(CCn2cnc(N)c3nc(Sc4cc5c(cc4Br)OCO5)nc2-3)CC1. The third-order valence-corrected chi connectivity index (χ3v) is 8.72. The number of ether oxygens (including phenoxy) is 5. The van der Waals surface area contributed by atoms with Crippen molar-refractivity contribution < 1.29 is 28.5 Å². The quantitative estimate of drug-likeness (QED) is 0.277. The number of piperidine rings is 1. The van der Waals surface area contributed by atoms with E-state index in [4.69, 9.17) is 34.4 Å². The number of likely N-dealkylation sites (tertiary alicyclic amines) is 1. The second-order valence-corrected chi connectivity index (χ2v) is 11.4. The number of aryl methyl sites for hydroxylation is 1. The lowest BCUT2D eigenvalue weighted by atomic mass is 9.93. The molecule has 0 aliphatic carbocycles. The van der Waals surface area contributed by atoms with E-state index in [-0.39, 0.29) is 19.3 Å². The van der Waals surface area contributed by atoms with Crippen LogP contribution >= 0.6 is 27.7 Å². The lowest BCUT2D eigenvalue weighted by molar-refractivity contribution is -0.138. The van der Waals surface area contributed by atoms with E-state index in [9.17, 15) is 4.79 Å². The van der Waals surface area contributed by atoms with Crippen molar-refractivity contribution in [3.8, 4) is 23.0 Å². The predicted octanol–water partition coefficient (Wildman–Crippen LogP) is 3.31. The third-order valence-electron chi connectivity index (χ3n) is 6.87. The average molecular weight is 638 g/mol. The number of carbonyl (C=O) groups excluding carboxylic acids is 1. The Hall–Kier alpha value is -2.65. The van der Waals surface area contributed by atoms with Crippen LogP contribution in [0.15, 0.2) is 33.0 Å². The van der Waals surface area contributed by atoms with Gasteiger partial charge >= 0.3 is 0 Å². The first kappa shape index (κ1) is 28.9. The Morgan fingerprint density at radius 1 is 1.12 bits per heavy atom. The Morgan fingerprint density at radius 3 is 2.67 bits per heavy atom. The second kappa shape index (κ2) is 13.8. The van der Waals surface area contributed by atoms with Gasteiger partial charge in [-0.1, -0.05) is 0 Å². The van der Waals surface area contributed by atoms with Gasteiger partial charge in [0.05, 0.1) is 32.8 Å². The fraction of sp³-hybridized carbons (Fsp3) is 0.538. The molecule has 216 valence electrons.